The van der Waals surface area contributed by atoms with Crippen molar-refractivity contribution in [1.29, 1.82) is 0 Å². The molecule has 0 aliphatic rings. The van der Waals surface area contributed by atoms with Gasteiger partial charge in [0.05, 0.1) is 12.8 Å². The van der Waals surface area contributed by atoms with Gasteiger partial charge < -0.3 is 14.6 Å². The number of ether oxygens (including phenoxy) is 3. The highest BCUT2D eigenvalue weighted by molar-refractivity contribution is 5.76. The quantitative estimate of drug-likeness (QED) is 0.475. The van der Waals surface area contributed by atoms with Gasteiger partial charge in [0, 0.05) is 0 Å². The molecule has 0 rings (SSSR count). The number of aliphatic carboxylic acids is 1. The molecular formula is C10H11F7O6. The maximum absolute atomic E-state index is 13.0. The van der Waals surface area contributed by atoms with Crippen molar-refractivity contribution in [3.05, 3.63) is 0 Å². The zero-order chi connectivity index (χ0) is 18.3. The number of halogens is 7. The molecule has 0 aromatic carbocycles. The fourth-order valence-electron chi connectivity index (χ4n) is 1.01. The maximum Gasteiger partial charge on any atom is 0.411 e. The second-order valence-corrected chi connectivity index (χ2v) is 4.04. The first-order valence-electron chi connectivity index (χ1n) is 5.70. The Kier molecular flexibility index (Phi) is 7.70. The molecule has 0 spiro atoms. The van der Waals surface area contributed by atoms with E-state index in [9.17, 15) is 40.3 Å². The van der Waals surface area contributed by atoms with Crippen LogP contribution < -0.4 is 0 Å². The highest BCUT2D eigenvalue weighted by atomic mass is 19.4. The van der Waals surface area contributed by atoms with Gasteiger partial charge in [-0.15, -0.1) is 0 Å². The van der Waals surface area contributed by atoms with Crippen molar-refractivity contribution in [3.63, 3.8) is 0 Å². The molecule has 0 aliphatic heterocycles. The average molecular weight is 360 g/mol. The van der Waals surface area contributed by atoms with Crippen molar-refractivity contribution < 1.29 is 59.6 Å². The topological polar surface area (TPSA) is 82.1 Å². The zero-order valence-electron chi connectivity index (χ0n) is 11.2. The molecule has 0 unspecified atom stereocenters. The number of carboxylic acids is 1. The Morgan fingerprint density at radius 2 is 1.35 bits per heavy atom. The first kappa shape index (κ1) is 21.4. The molecule has 0 aromatic heterocycles. The lowest BCUT2D eigenvalue weighted by Gasteiger charge is -2.23. The van der Waals surface area contributed by atoms with E-state index in [0.29, 0.717) is 0 Å². The molecule has 6 nitrogen and oxygen atoms in total. The van der Waals surface area contributed by atoms with Crippen LogP contribution in [0, 0.1) is 0 Å². The van der Waals surface area contributed by atoms with Gasteiger partial charge in [0.1, 0.15) is 13.2 Å². The highest BCUT2D eigenvalue weighted by Gasteiger charge is 2.46. The van der Waals surface area contributed by atoms with Crippen LogP contribution in [0.15, 0.2) is 0 Å². The molecule has 0 saturated heterocycles. The maximum atomic E-state index is 13.0. The summed E-state index contributed by atoms with van der Waals surface area (Å²) in [6.07, 6.45) is -15.9. The second kappa shape index (κ2) is 8.29. The minimum atomic E-state index is -4.93. The van der Waals surface area contributed by atoms with Crippen LogP contribution in [0.2, 0.25) is 0 Å². The Balaban J connectivity index is 4.26. The van der Waals surface area contributed by atoms with E-state index < -0.39 is 63.0 Å². The number of esters is 1. The van der Waals surface area contributed by atoms with Crippen molar-refractivity contribution >= 4 is 11.9 Å². The molecule has 0 atom stereocenters. The first-order chi connectivity index (χ1) is 10.2. The van der Waals surface area contributed by atoms with E-state index in [1.54, 1.807) is 0 Å². The highest BCUT2D eigenvalue weighted by Crippen LogP contribution is 2.28. The standard InChI is InChI=1S/C10H11F7O6/c11-8(12,13)3-21-4-9(14,15)23-10(16,17)5-22-7(20)2-1-6(18)19/h1-5H2,(H,18,19). The third kappa shape index (κ3) is 12.6. The summed E-state index contributed by atoms with van der Waals surface area (Å²) in [7, 11) is 0. The Hall–Kier alpha value is -1.63. The summed E-state index contributed by atoms with van der Waals surface area (Å²) in [6.45, 7) is -6.17. The van der Waals surface area contributed by atoms with E-state index in [4.69, 9.17) is 5.11 Å². The Morgan fingerprint density at radius 1 is 0.826 bits per heavy atom. The van der Waals surface area contributed by atoms with Crippen LogP contribution in [0.4, 0.5) is 30.7 Å². The number of hydrogen-bond donors (Lipinski definition) is 1. The molecule has 0 amide bonds. The van der Waals surface area contributed by atoms with Gasteiger partial charge >= 0.3 is 30.3 Å². The minimum absolute atomic E-state index is 0.729. The summed E-state index contributed by atoms with van der Waals surface area (Å²) >= 11 is 0. The van der Waals surface area contributed by atoms with Gasteiger partial charge in [-0.1, -0.05) is 0 Å². The number of carboxylic acid groups (broad SMARTS) is 1. The van der Waals surface area contributed by atoms with E-state index in [1.807, 2.05) is 0 Å². The molecule has 13 heteroatoms. The van der Waals surface area contributed by atoms with Gasteiger partial charge in [0.15, 0.2) is 6.61 Å². The molecule has 0 saturated carbocycles. The fraction of sp³-hybridized carbons (Fsp3) is 0.800. The lowest BCUT2D eigenvalue weighted by Crippen LogP contribution is -2.40. The van der Waals surface area contributed by atoms with Gasteiger partial charge in [0.25, 0.3) is 0 Å². The van der Waals surface area contributed by atoms with Crippen LogP contribution in [0.3, 0.4) is 0 Å². The monoisotopic (exact) mass is 360 g/mol. The number of hydrogen-bond acceptors (Lipinski definition) is 5. The smallest absolute Gasteiger partial charge is 0.411 e. The molecule has 23 heavy (non-hydrogen) atoms. The van der Waals surface area contributed by atoms with E-state index in [-0.39, 0.29) is 0 Å². The van der Waals surface area contributed by atoms with Gasteiger partial charge in [-0.2, -0.15) is 30.7 Å². The average Bonchev–Trinajstić information content (AvgIpc) is 2.30. The zero-order valence-corrected chi connectivity index (χ0v) is 11.2. The Bertz CT molecular complexity index is 409. The third-order valence-corrected chi connectivity index (χ3v) is 1.78. The summed E-state index contributed by atoms with van der Waals surface area (Å²) in [5.74, 6) is -2.83. The van der Waals surface area contributed by atoms with Gasteiger partial charge in [-0.05, 0) is 0 Å². The molecule has 1 N–H and O–H groups in total. The van der Waals surface area contributed by atoms with Gasteiger partial charge in [0.2, 0.25) is 0 Å². The molecule has 0 bridgehead atoms. The lowest BCUT2D eigenvalue weighted by atomic mass is 10.3. The first-order valence-corrected chi connectivity index (χ1v) is 5.70. The Labute approximate surface area is 124 Å². The molecule has 0 fully saturated rings. The summed E-state index contributed by atoms with van der Waals surface area (Å²) in [5, 5.41) is 8.21. The van der Waals surface area contributed by atoms with E-state index in [1.165, 1.54) is 0 Å². The number of alkyl halides is 7. The molecular weight excluding hydrogens is 349 g/mol. The largest absolute Gasteiger partial charge is 0.481 e. The van der Waals surface area contributed by atoms with Crippen molar-refractivity contribution in [2.45, 2.75) is 31.2 Å². The molecule has 0 aromatic rings. The van der Waals surface area contributed by atoms with Crippen molar-refractivity contribution in [3.8, 4) is 0 Å². The number of rotatable bonds is 10. The SMILES string of the molecule is O=C(O)CCC(=O)OCC(F)(F)OC(F)(F)COCC(F)(F)F. The van der Waals surface area contributed by atoms with Crippen LogP contribution in [-0.2, 0) is 23.8 Å². The van der Waals surface area contributed by atoms with Crippen molar-refractivity contribution in [1.82, 2.24) is 0 Å². The summed E-state index contributed by atoms with van der Waals surface area (Å²) in [5.41, 5.74) is 0. The van der Waals surface area contributed by atoms with Gasteiger partial charge in [-0.3, -0.25) is 14.3 Å². The normalized spacial score (nSPS) is 13.0. The second-order valence-electron chi connectivity index (χ2n) is 4.04. The van der Waals surface area contributed by atoms with Crippen LogP contribution in [0.1, 0.15) is 12.8 Å². The third-order valence-electron chi connectivity index (χ3n) is 1.78. The Morgan fingerprint density at radius 3 is 1.83 bits per heavy atom. The van der Waals surface area contributed by atoms with E-state index in [2.05, 4.69) is 14.2 Å². The van der Waals surface area contributed by atoms with Crippen LogP contribution >= 0.6 is 0 Å². The predicted molar refractivity (Wildman–Crippen MR) is 55.7 cm³/mol. The van der Waals surface area contributed by atoms with Gasteiger partial charge in [-0.25, -0.2) is 0 Å². The fourth-order valence-corrected chi connectivity index (χ4v) is 1.01. The lowest BCUT2D eigenvalue weighted by molar-refractivity contribution is -0.393. The van der Waals surface area contributed by atoms with E-state index >= 15 is 0 Å². The molecule has 0 aliphatic carbocycles. The van der Waals surface area contributed by atoms with Crippen molar-refractivity contribution in [2.75, 3.05) is 19.8 Å². The summed E-state index contributed by atoms with van der Waals surface area (Å²) < 4.78 is 96.9. The number of carbonyl (C=O) groups excluding carboxylic acids is 1. The van der Waals surface area contributed by atoms with Crippen molar-refractivity contribution in [2.24, 2.45) is 0 Å². The van der Waals surface area contributed by atoms with Crippen LogP contribution in [-0.4, -0.2) is 55.3 Å². The summed E-state index contributed by atoms with van der Waals surface area (Å²) in [4.78, 5) is 20.9. The predicted octanol–water partition coefficient (Wildman–Crippen LogP) is 2.18. The molecule has 0 heterocycles. The number of carbonyl (C=O) groups is 2. The van der Waals surface area contributed by atoms with Crippen LogP contribution in [0.25, 0.3) is 0 Å². The molecule has 136 valence electrons. The molecule has 0 radical (unpaired) electrons. The van der Waals surface area contributed by atoms with Crippen LogP contribution in [0.5, 0.6) is 0 Å². The minimum Gasteiger partial charge on any atom is -0.481 e. The van der Waals surface area contributed by atoms with E-state index in [0.717, 1.165) is 0 Å². The summed E-state index contributed by atoms with van der Waals surface area (Å²) in [6, 6.07) is 0.